The normalized spacial score (nSPS) is 16.1. The summed E-state index contributed by atoms with van der Waals surface area (Å²) < 4.78 is 114. The molecule has 2 aromatic carbocycles. The molecule has 0 spiro atoms. The minimum atomic E-state index is -2.59. The van der Waals surface area contributed by atoms with Gasteiger partial charge >= 0.3 is 0 Å². The molecule has 0 saturated carbocycles. The van der Waals surface area contributed by atoms with E-state index in [1.165, 1.54) is 10.6 Å². The number of carbonyl (C=O) groups excluding carboxylic acids is 4. The quantitative estimate of drug-likeness (QED) is 0.301. The highest BCUT2D eigenvalue weighted by molar-refractivity contribution is 6.40. The lowest BCUT2D eigenvalue weighted by molar-refractivity contribution is -0.125. The first kappa shape index (κ1) is 22.8. The molecule has 4 rings (SSSR count). The SMILES string of the molecule is O=C1NC(=O)C(c2c(F)ccc(-c3c(F)c(F)c(F)c(F)c3F)c2C2=C(F)C(=O)NC2=O)=C1F. The molecule has 2 aliphatic heterocycles. The van der Waals surface area contributed by atoms with Crippen LogP contribution in [0.25, 0.3) is 22.3 Å². The van der Waals surface area contributed by atoms with Gasteiger partial charge < -0.3 is 0 Å². The van der Waals surface area contributed by atoms with Crippen LogP contribution in [0.5, 0.6) is 0 Å². The zero-order valence-electron chi connectivity index (χ0n) is 15.8. The summed E-state index contributed by atoms with van der Waals surface area (Å²) in [7, 11) is 0. The standard InChI is InChI=1S/C20H4F8N2O4/c21-4-2-1-3(6-10(22)14(26)16(28)15(27)11(6)23)5(8-12(24)19(33)29-17(8)31)7(4)9-13(25)20(34)30-18(9)32/h1-2H,(H,29,31,33)(H,30,32,34). The third kappa shape index (κ3) is 3.02. The summed E-state index contributed by atoms with van der Waals surface area (Å²) in [6.45, 7) is 0. The highest BCUT2D eigenvalue weighted by Gasteiger charge is 2.42. The molecule has 0 bridgehead atoms. The van der Waals surface area contributed by atoms with E-state index in [0.717, 1.165) is 0 Å². The van der Waals surface area contributed by atoms with Crippen LogP contribution >= 0.6 is 0 Å². The highest BCUT2D eigenvalue weighted by atomic mass is 19.2. The first-order valence-corrected chi connectivity index (χ1v) is 8.74. The van der Waals surface area contributed by atoms with Crippen LogP contribution in [0.15, 0.2) is 23.8 Å². The highest BCUT2D eigenvalue weighted by Crippen LogP contribution is 2.43. The Morgan fingerprint density at radius 3 is 1.29 bits per heavy atom. The lowest BCUT2D eigenvalue weighted by Gasteiger charge is -2.18. The second kappa shape index (κ2) is 7.60. The van der Waals surface area contributed by atoms with Crippen molar-refractivity contribution in [2.45, 2.75) is 0 Å². The molecular weight excluding hydrogens is 484 g/mol. The van der Waals surface area contributed by atoms with Gasteiger partial charge in [0, 0.05) is 11.1 Å². The second-order valence-corrected chi connectivity index (χ2v) is 6.73. The molecule has 0 atom stereocenters. The molecule has 0 saturated heterocycles. The van der Waals surface area contributed by atoms with Crippen molar-refractivity contribution in [1.82, 2.24) is 10.6 Å². The van der Waals surface area contributed by atoms with Gasteiger partial charge in [0.1, 0.15) is 5.82 Å². The van der Waals surface area contributed by atoms with Crippen LogP contribution in [0, 0.1) is 34.9 Å². The van der Waals surface area contributed by atoms with Crippen LogP contribution < -0.4 is 10.6 Å². The van der Waals surface area contributed by atoms with Gasteiger partial charge in [-0.15, -0.1) is 0 Å². The van der Waals surface area contributed by atoms with Gasteiger partial charge in [-0.25, -0.2) is 26.3 Å². The molecule has 0 unspecified atom stereocenters. The van der Waals surface area contributed by atoms with E-state index in [9.17, 15) is 54.3 Å². The average Bonchev–Trinajstić information content (AvgIpc) is 3.18. The Bertz CT molecular complexity index is 1430. The smallest absolute Gasteiger partial charge is 0.286 e. The van der Waals surface area contributed by atoms with Gasteiger partial charge in [0.2, 0.25) is 17.5 Å². The lowest BCUT2D eigenvalue weighted by Crippen LogP contribution is -2.24. The predicted molar refractivity (Wildman–Crippen MR) is 94.0 cm³/mol. The molecule has 34 heavy (non-hydrogen) atoms. The van der Waals surface area contributed by atoms with Gasteiger partial charge in [0.15, 0.2) is 23.3 Å². The van der Waals surface area contributed by atoms with Gasteiger partial charge in [-0.2, -0.15) is 8.78 Å². The Morgan fingerprint density at radius 2 is 0.882 bits per heavy atom. The van der Waals surface area contributed by atoms with Gasteiger partial charge in [-0.1, -0.05) is 6.07 Å². The van der Waals surface area contributed by atoms with Crippen molar-refractivity contribution in [2.24, 2.45) is 0 Å². The second-order valence-electron chi connectivity index (χ2n) is 6.73. The molecule has 2 aliphatic rings. The first-order valence-electron chi connectivity index (χ1n) is 8.74. The third-order valence-electron chi connectivity index (χ3n) is 4.88. The van der Waals surface area contributed by atoms with E-state index >= 15 is 0 Å². The van der Waals surface area contributed by atoms with Crippen LogP contribution in [-0.4, -0.2) is 23.6 Å². The fourth-order valence-corrected chi connectivity index (χ4v) is 3.44. The van der Waals surface area contributed by atoms with E-state index in [-0.39, 0.29) is 6.07 Å². The van der Waals surface area contributed by atoms with Crippen molar-refractivity contribution in [2.75, 3.05) is 0 Å². The van der Waals surface area contributed by atoms with Crippen LogP contribution in [0.1, 0.15) is 11.1 Å². The van der Waals surface area contributed by atoms with Crippen molar-refractivity contribution < 1.29 is 54.3 Å². The molecule has 0 aromatic heterocycles. The Balaban J connectivity index is 2.25. The predicted octanol–water partition coefficient (Wildman–Crippen LogP) is 2.86. The van der Waals surface area contributed by atoms with Crippen LogP contribution in [0.2, 0.25) is 0 Å². The van der Waals surface area contributed by atoms with Gasteiger partial charge in [0.25, 0.3) is 23.6 Å². The number of halogens is 8. The Hall–Kier alpha value is -4.36. The summed E-state index contributed by atoms with van der Waals surface area (Å²) in [5.41, 5.74) is -8.95. The van der Waals surface area contributed by atoms with Crippen molar-refractivity contribution in [3.63, 3.8) is 0 Å². The van der Waals surface area contributed by atoms with E-state index in [0.29, 0.717) is 6.07 Å². The molecule has 14 heteroatoms. The molecule has 6 nitrogen and oxygen atoms in total. The molecule has 0 radical (unpaired) electrons. The molecule has 174 valence electrons. The molecule has 0 fully saturated rings. The summed E-state index contributed by atoms with van der Waals surface area (Å²) in [6.07, 6.45) is 0. The zero-order valence-corrected chi connectivity index (χ0v) is 15.8. The van der Waals surface area contributed by atoms with Crippen LogP contribution in [0.3, 0.4) is 0 Å². The summed E-state index contributed by atoms with van der Waals surface area (Å²) in [5, 5.41) is 2.81. The third-order valence-corrected chi connectivity index (χ3v) is 4.88. The minimum Gasteiger partial charge on any atom is -0.286 e. The zero-order chi connectivity index (χ0) is 25.2. The van der Waals surface area contributed by atoms with Gasteiger partial charge in [0.05, 0.1) is 16.7 Å². The number of rotatable bonds is 3. The summed E-state index contributed by atoms with van der Waals surface area (Å²) >= 11 is 0. The van der Waals surface area contributed by atoms with E-state index in [2.05, 4.69) is 0 Å². The minimum absolute atomic E-state index is 0.274. The average molecular weight is 488 g/mol. The Labute approximate surface area is 181 Å². The Kier molecular flexibility index (Phi) is 5.10. The molecule has 2 aromatic rings. The fraction of sp³-hybridized carbons (Fsp3) is 0. The fourth-order valence-electron chi connectivity index (χ4n) is 3.44. The molecule has 2 N–H and O–H groups in total. The number of amides is 4. The van der Waals surface area contributed by atoms with Gasteiger partial charge in [-0.3, -0.25) is 29.8 Å². The molecule has 4 amide bonds. The summed E-state index contributed by atoms with van der Waals surface area (Å²) in [6, 6.07) is 0.617. The summed E-state index contributed by atoms with van der Waals surface area (Å²) in [5.74, 6) is -25.0. The van der Waals surface area contributed by atoms with Crippen molar-refractivity contribution >= 4 is 34.8 Å². The molecule has 0 aliphatic carbocycles. The van der Waals surface area contributed by atoms with Crippen molar-refractivity contribution in [1.29, 1.82) is 0 Å². The molecular formula is C20H4F8N2O4. The number of imide groups is 2. The van der Waals surface area contributed by atoms with Crippen LogP contribution in [0.4, 0.5) is 35.1 Å². The largest absolute Gasteiger partial charge is 0.287 e. The number of hydrogen-bond donors (Lipinski definition) is 2. The van der Waals surface area contributed by atoms with Crippen LogP contribution in [-0.2, 0) is 19.2 Å². The van der Waals surface area contributed by atoms with E-state index in [1.54, 1.807) is 0 Å². The number of nitrogens with one attached hydrogen (secondary N) is 2. The molecule has 2 heterocycles. The maximum absolute atomic E-state index is 14.9. The van der Waals surface area contributed by atoms with E-state index in [4.69, 9.17) is 0 Å². The van der Waals surface area contributed by atoms with Crippen molar-refractivity contribution in [3.8, 4) is 11.1 Å². The maximum atomic E-state index is 14.9. The monoisotopic (exact) mass is 488 g/mol. The van der Waals surface area contributed by atoms with E-state index < -0.39 is 104 Å². The number of hydrogen-bond acceptors (Lipinski definition) is 4. The maximum Gasteiger partial charge on any atom is 0.287 e. The lowest BCUT2D eigenvalue weighted by atomic mass is 9.86. The first-order chi connectivity index (χ1) is 15.9. The number of carbonyl (C=O) groups is 4. The van der Waals surface area contributed by atoms with Gasteiger partial charge in [-0.05, 0) is 11.6 Å². The van der Waals surface area contributed by atoms with Crippen molar-refractivity contribution in [3.05, 3.63) is 69.8 Å². The van der Waals surface area contributed by atoms with E-state index in [1.807, 2.05) is 0 Å². The Morgan fingerprint density at radius 1 is 0.471 bits per heavy atom. The topological polar surface area (TPSA) is 92.3 Å². The summed E-state index contributed by atoms with van der Waals surface area (Å²) in [4.78, 5) is 47.4. The number of benzene rings is 2.